The van der Waals surface area contributed by atoms with Crippen LogP contribution in [-0.2, 0) is 13.1 Å². The molecule has 0 aromatic carbocycles. The second kappa shape index (κ2) is 7.73. The van der Waals surface area contributed by atoms with Crippen molar-refractivity contribution in [1.82, 2.24) is 15.2 Å². The van der Waals surface area contributed by atoms with Crippen LogP contribution in [0, 0.1) is 23.7 Å². The lowest BCUT2D eigenvalue weighted by Crippen LogP contribution is -2.56. The molecule has 0 saturated heterocycles. The molecule has 4 aliphatic rings. The molecule has 4 aliphatic carbocycles. The van der Waals surface area contributed by atoms with Crippen LogP contribution in [-0.4, -0.2) is 28.9 Å². The molecule has 6 rings (SSSR count). The lowest BCUT2D eigenvalue weighted by molar-refractivity contribution is -0.0119. The lowest BCUT2D eigenvalue weighted by atomic mass is 9.54. The van der Waals surface area contributed by atoms with Crippen molar-refractivity contribution >= 4 is 17.2 Å². The number of aromatic amines is 1. The maximum absolute atomic E-state index is 12.9. The van der Waals surface area contributed by atoms with Crippen LogP contribution in [0.5, 0.6) is 0 Å². The predicted molar refractivity (Wildman–Crippen MR) is 115 cm³/mol. The number of H-pyrrole nitrogens is 1. The third-order valence-corrected chi connectivity index (χ3v) is 7.94. The van der Waals surface area contributed by atoms with Crippen LogP contribution in [0.2, 0.25) is 0 Å². The molecule has 2 aromatic heterocycles. The summed E-state index contributed by atoms with van der Waals surface area (Å²) >= 11 is 1.69. The Morgan fingerprint density at radius 3 is 2.45 bits per heavy atom. The molecule has 0 atom stereocenters. The molecule has 6 heteroatoms. The number of hydrogen-bond acceptors (Lipinski definition) is 4. The van der Waals surface area contributed by atoms with E-state index in [1.54, 1.807) is 17.4 Å². The molecule has 0 unspecified atom stereocenters. The predicted octanol–water partition coefficient (Wildman–Crippen LogP) is 3.62. The van der Waals surface area contributed by atoms with Gasteiger partial charge in [-0.05, 0) is 97.3 Å². The van der Waals surface area contributed by atoms with Crippen molar-refractivity contribution in [3.8, 4) is 0 Å². The van der Waals surface area contributed by atoms with Crippen molar-refractivity contribution in [3.63, 3.8) is 0 Å². The molecule has 154 valence electrons. The first kappa shape index (κ1) is 19.1. The van der Waals surface area contributed by atoms with E-state index in [1.807, 2.05) is 13.1 Å². The van der Waals surface area contributed by atoms with E-state index in [9.17, 15) is 9.59 Å². The van der Waals surface area contributed by atoms with E-state index in [0.717, 1.165) is 24.1 Å². The normalized spacial score (nSPS) is 30.1. The smallest absolute Gasteiger partial charge is 0.261 e. The quantitative estimate of drug-likeness (QED) is 0.763. The summed E-state index contributed by atoms with van der Waals surface area (Å²) < 4.78 is 0. The fraction of sp³-hybridized carbons (Fsp3) is 0.565. The second-order valence-electron chi connectivity index (χ2n) is 9.46. The zero-order chi connectivity index (χ0) is 20.0. The summed E-state index contributed by atoms with van der Waals surface area (Å²) in [5.74, 6) is 2.76. The maximum Gasteiger partial charge on any atom is 0.261 e. The van der Waals surface area contributed by atoms with Crippen molar-refractivity contribution in [2.45, 2.75) is 51.2 Å². The van der Waals surface area contributed by atoms with Crippen LogP contribution in [0.15, 0.2) is 33.8 Å². The largest absolute Gasteiger partial charge is 0.349 e. The molecule has 4 saturated carbocycles. The van der Waals surface area contributed by atoms with Gasteiger partial charge < -0.3 is 10.3 Å². The molecule has 4 fully saturated rings. The molecule has 1 amide bonds. The highest BCUT2D eigenvalue weighted by atomic mass is 32.1. The molecule has 2 heterocycles. The third-order valence-electron chi connectivity index (χ3n) is 7.21. The minimum atomic E-state index is -0.284. The number of nitrogens with one attached hydrogen (secondary N) is 2. The van der Waals surface area contributed by atoms with Crippen molar-refractivity contribution in [3.05, 3.63) is 56.1 Å². The maximum atomic E-state index is 12.9. The molecule has 0 aliphatic heterocycles. The summed E-state index contributed by atoms with van der Waals surface area (Å²) in [6.07, 6.45) is 6.41. The zero-order valence-electron chi connectivity index (χ0n) is 16.9. The fourth-order valence-corrected chi connectivity index (χ4v) is 6.88. The Balaban J connectivity index is 1.23. The Bertz CT molecular complexity index is 908. The van der Waals surface area contributed by atoms with Gasteiger partial charge in [-0.25, -0.2) is 0 Å². The number of nitrogens with zero attached hydrogens (tertiary/aromatic N) is 1. The van der Waals surface area contributed by atoms with E-state index in [0.29, 0.717) is 18.4 Å². The fourth-order valence-electron chi connectivity index (χ4n) is 6.22. The van der Waals surface area contributed by atoms with Crippen LogP contribution in [0.25, 0.3) is 0 Å². The molecule has 2 aromatic rings. The van der Waals surface area contributed by atoms with Gasteiger partial charge in [0.1, 0.15) is 5.56 Å². The van der Waals surface area contributed by atoms with E-state index in [2.05, 4.69) is 32.0 Å². The van der Waals surface area contributed by atoms with Crippen molar-refractivity contribution in [1.29, 1.82) is 0 Å². The SMILES string of the molecule is CN(Cc1ccsc1)Cc1ccc(C(=O)NC2C3CC4CC(C3)CC2C4)c(=O)[nH]1. The number of carbonyl (C=O) groups is 1. The summed E-state index contributed by atoms with van der Waals surface area (Å²) in [6, 6.07) is 5.93. The first-order valence-electron chi connectivity index (χ1n) is 10.8. The average Bonchev–Trinajstić information content (AvgIpc) is 3.17. The van der Waals surface area contributed by atoms with Crippen LogP contribution in [0.1, 0.15) is 53.7 Å². The van der Waals surface area contributed by atoms with Gasteiger partial charge in [0.05, 0.1) is 0 Å². The highest BCUT2D eigenvalue weighted by molar-refractivity contribution is 7.07. The van der Waals surface area contributed by atoms with E-state index in [1.165, 1.54) is 37.7 Å². The molecule has 0 spiro atoms. The second-order valence-corrected chi connectivity index (χ2v) is 10.2. The van der Waals surface area contributed by atoms with Crippen LogP contribution in [0.4, 0.5) is 0 Å². The monoisotopic (exact) mass is 411 g/mol. The minimum absolute atomic E-state index is 0.207. The molecule has 29 heavy (non-hydrogen) atoms. The number of rotatable bonds is 6. The molecular formula is C23H29N3O2S. The summed E-state index contributed by atoms with van der Waals surface area (Å²) in [6.45, 7) is 1.47. The molecule has 5 nitrogen and oxygen atoms in total. The number of pyridine rings is 1. The van der Waals surface area contributed by atoms with Gasteiger partial charge in [-0.3, -0.25) is 14.5 Å². The Hall–Kier alpha value is -1.92. The van der Waals surface area contributed by atoms with E-state index in [-0.39, 0.29) is 23.1 Å². The Morgan fingerprint density at radius 2 is 1.83 bits per heavy atom. The van der Waals surface area contributed by atoms with Crippen molar-refractivity contribution in [2.24, 2.45) is 23.7 Å². The highest BCUT2D eigenvalue weighted by Crippen LogP contribution is 2.53. The van der Waals surface area contributed by atoms with Gasteiger partial charge in [-0.2, -0.15) is 11.3 Å². The van der Waals surface area contributed by atoms with Crippen LogP contribution >= 0.6 is 11.3 Å². The Kier molecular flexibility index (Phi) is 5.08. The molecular weight excluding hydrogens is 382 g/mol. The van der Waals surface area contributed by atoms with E-state index < -0.39 is 0 Å². The van der Waals surface area contributed by atoms with Gasteiger partial charge in [-0.15, -0.1) is 0 Å². The van der Waals surface area contributed by atoms with Crippen molar-refractivity contribution < 1.29 is 4.79 Å². The molecule has 4 bridgehead atoms. The number of amides is 1. The summed E-state index contributed by atoms with van der Waals surface area (Å²) in [5, 5.41) is 7.45. The number of thiophene rings is 1. The summed E-state index contributed by atoms with van der Waals surface area (Å²) in [5.41, 5.74) is 2.06. The van der Waals surface area contributed by atoms with Crippen LogP contribution < -0.4 is 10.9 Å². The molecule has 0 radical (unpaired) electrons. The van der Waals surface area contributed by atoms with Gasteiger partial charge in [-0.1, -0.05) is 0 Å². The lowest BCUT2D eigenvalue weighted by Gasteiger charge is -2.54. The first-order valence-corrected chi connectivity index (χ1v) is 11.7. The average molecular weight is 412 g/mol. The third kappa shape index (κ3) is 3.92. The Morgan fingerprint density at radius 1 is 1.10 bits per heavy atom. The zero-order valence-corrected chi connectivity index (χ0v) is 17.7. The van der Waals surface area contributed by atoms with Gasteiger partial charge in [0.2, 0.25) is 0 Å². The summed E-state index contributed by atoms with van der Waals surface area (Å²) in [7, 11) is 2.03. The molecule has 2 N–H and O–H groups in total. The Labute approximate surface area is 175 Å². The van der Waals surface area contributed by atoms with Gasteiger partial charge in [0.25, 0.3) is 11.5 Å². The van der Waals surface area contributed by atoms with Gasteiger partial charge in [0.15, 0.2) is 0 Å². The highest BCUT2D eigenvalue weighted by Gasteiger charge is 2.48. The van der Waals surface area contributed by atoms with Gasteiger partial charge in [0, 0.05) is 24.8 Å². The van der Waals surface area contributed by atoms with E-state index in [4.69, 9.17) is 0 Å². The first-order chi connectivity index (χ1) is 14.0. The van der Waals surface area contributed by atoms with Crippen LogP contribution in [0.3, 0.4) is 0 Å². The summed E-state index contributed by atoms with van der Waals surface area (Å²) in [4.78, 5) is 30.5. The van der Waals surface area contributed by atoms with E-state index >= 15 is 0 Å². The topological polar surface area (TPSA) is 65.2 Å². The van der Waals surface area contributed by atoms with Crippen molar-refractivity contribution in [2.75, 3.05) is 7.05 Å². The number of aromatic nitrogens is 1. The van der Waals surface area contributed by atoms with Gasteiger partial charge >= 0.3 is 0 Å². The number of hydrogen-bond donors (Lipinski definition) is 2. The number of carbonyl (C=O) groups excluding carboxylic acids is 1. The minimum Gasteiger partial charge on any atom is -0.349 e. The standard InChI is InChI=1S/C23H29N3O2S/c1-26(11-14-4-5-29-13-14)12-19-2-3-20(22(27)24-19)23(28)25-21-17-7-15-6-16(9-17)10-18(21)8-15/h2-5,13,15-18,21H,6-12H2,1H3,(H,24,27)(H,25,28).